The molecule has 0 bridgehead atoms. The van der Waals surface area contributed by atoms with Gasteiger partial charge in [-0.05, 0) is 25.2 Å². The van der Waals surface area contributed by atoms with Gasteiger partial charge in [0.2, 0.25) is 5.91 Å². The Balaban J connectivity index is 2.40. The molecule has 1 heterocycles. The minimum absolute atomic E-state index is 0.131. The maximum atomic E-state index is 12.1. The summed E-state index contributed by atoms with van der Waals surface area (Å²) < 4.78 is 5.16. The maximum absolute atomic E-state index is 12.1. The number of amides is 1. The largest absolute Gasteiger partial charge is 0.380 e. The lowest BCUT2D eigenvalue weighted by atomic mass is 9.93. The normalized spacial score (nSPS) is 22.5. The van der Waals surface area contributed by atoms with E-state index in [1.807, 2.05) is 4.90 Å². The average Bonchev–Trinajstić information content (AvgIpc) is 2.36. The van der Waals surface area contributed by atoms with E-state index >= 15 is 0 Å². The predicted octanol–water partition coefficient (Wildman–Crippen LogP) is 1.39. The van der Waals surface area contributed by atoms with Crippen LogP contribution in [0.3, 0.4) is 0 Å². The summed E-state index contributed by atoms with van der Waals surface area (Å²) in [6.07, 6.45) is 5.13. The Kier molecular flexibility index (Phi) is 6.52. The van der Waals surface area contributed by atoms with Gasteiger partial charge in [-0.25, -0.2) is 0 Å². The maximum Gasteiger partial charge on any atom is 0.225 e. The second-order valence-electron chi connectivity index (χ2n) is 4.93. The SMILES string of the molecule is CCCC1CCCN(C(=O)CC(CN)OC)C1. The highest BCUT2D eigenvalue weighted by molar-refractivity contribution is 5.76. The van der Waals surface area contributed by atoms with Gasteiger partial charge in [-0.1, -0.05) is 13.3 Å². The third-order valence-electron chi connectivity index (χ3n) is 3.57. The molecule has 0 aromatic rings. The molecule has 4 nitrogen and oxygen atoms in total. The van der Waals surface area contributed by atoms with Crippen molar-refractivity contribution >= 4 is 5.91 Å². The average molecular weight is 242 g/mol. The molecule has 100 valence electrons. The number of likely N-dealkylation sites (tertiary alicyclic amines) is 1. The van der Waals surface area contributed by atoms with Crippen LogP contribution in [0.25, 0.3) is 0 Å². The van der Waals surface area contributed by atoms with Gasteiger partial charge in [-0.3, -0.25) is 4.79 Å². The molecular weight excluding hydrogens is 216 g/mol. The number of hydrogen-bond donors (Lipinski definition) is 1. The van der Waals surface area contributed by atoms with Crippen LogP contribution in [-0.4, -0.2) is 43.7 Å². The molecule has 1 aliphatic rings. The molecule has 0 aliphatic carbocycles. The Morgan fingerprint density at radius 2 is 2.35 bits per heavy atom. The van der Waals surface area contributed by atoms with Gasteiger partial charge in [0.15, 0.2) is 0 Å². The Morgan fingerprint density at radius 3 is 2.94 bits per heavy atom. The lowest BCUT2D eigenvalue weighted by Crippen LogP contribution is -2.42. The van der Waals surface area contributed by atoms with E-state index in [1.54, 1.807) is 7.11 Å². The van der Waals surface area contributed by atoms with Gasteiger partial charge in [-0.15, -0.1) is 0 Å². The standard InChI is InChI=1S/C13H26N2O2/c1-3-5-11-6-4-7-15(10-11)13(16)8-12(9-14)17-2/h11-12H,3-10,14H2,1-2H3. The number of nitrogens with two attached hydrogens (primary N) is 1. The zero-order valence-electron chi connectivity index (χ0n) is 11.2. The number of carbonyl (C=O) groups is 1. The van der Waals surface area contributed by atoms with Crippen molar-refractivity contribution in [2.45, 2.75) is 45.1 Å². The molecule has 0 radical (unpaired) electrons. The Hall–Kier alpha value is -0.610. The summed E-state index contributed by atoms with van der Waals surface area (Å²) in [6, 6.07) is 0. The second kappa shape index (κ2) is 7.67. The highest BCUT2D eigenvalue weighted by Crippen LogP contribution is 2.21. The minimum Gasteiger partial charge on any atom is -0.380 e. The van der Waals surface area contributed by atoms with Crippen LogP contribution in [0, 0.1) is 5.92 Å². The monoisotopic (exact) mass is 242 g/mol. The zero-order valence-corrected chi connectivity index (χ0v) is 11.2. The summed E-state index contributed by atoms with van der Waals surface area (Å²) >= 11 is 0. The first-order valence-electron chi connectivity index (χ1n) is 6.71. The number of nitrogens with zero attached hydrogens (tertiary/aromatic N) is 1. The smallest absolute Gasteiger partial charge is 0.225 e. The second-order valence-corrected chi connectivity index (χ2v) is 4.93. The van der Waals surface area contributed by atoms with Crippen LogP contribution >= 0.6 is 0 Å². The van der Waals surface area contributed by atoms with Crippen LogP contribution in [-0.2, 0) is 9.53 Å². The molecule has 2 atom stereocenters. The van der Waals surface area contributed by atoms with Crippen molar-refractivity contribution in [2.75, 3.05) is 26.7 Å². The molecule has 1 fully saturated rings. The van der Waals surface area contributed by atoms with Crippen molar-refractivity contribution in [2.24, 2.45) is 11.7 Å². The quantitative estimate of drug-likeness (QED) is 0.765. The Labute approximate surface area is 104 Å². The third kappa shape index (κ3) is 4.64. The first kappa shape index (κ1) is 14.5. The van der Waals surface area contributed by atoms with Crippen molar-refractivity contribution in [3.05, 3.63) is 0 Å². The van der Waals surface area contributed by atoms with Crippen LogP contribution < -0.4 is 5.73 Å². The summed E-state index contributed by atoms with van der Waals surface area (Å²) in [4.78, 5) is 14.1. The molecule has 0 aromatic heterocycles. The first-order valence-corrected chi connectivity index (χ1v) is 6.71. The zero-order chi connectivity index (χ0) is 12.7. The van der Waals surface area contributed by atoms with Gasteiger partial charge in [0.1, 0.15) is 0 Å². The van der Waals surface area contributed by atoms with Crippen LogP contribution in [0.5, 0.6) is 0 Å². The number of rotatable bonds is 6. The van der Waals surface area contributed by atoms with Gasteiger partial charge in [0.25, 0.3) is 0 Å². The van der Waals surface area contributed by atoms with Crippen LogP contribution in [0.1, 0.15) is 39.0 Å². The molecule has 0 spiro atoms. The molecule has 2 N–H and O–H groups in total. The fraction of sp³-hybridized carbons (Fsp3) is 0.923. The molecule has 0 saturated carbocycles. The van der Waals surface area contributed by atoms with Gasteiger partial charge >= 0.3 is 0 Å². The van der Waals surface area contributed by atoms with Crippen molar-refractivity contribution < 1.29 is 9.53 Å². The van der Waals surface area contributed by atoms with E-state index in [4.69, 9.17) is 10.5 Å². The molecular formula is C13H26N2O2. The van der Waals surface area contributed by atoms with Crippen LogP contribution in [0.4, 0.5) is 0 Å². The molecule has 0 aromatic carbocycles. The van der Waals surface area contributed by atoms with E-state index in [-0.39, 0.29) is 12.0 Å². The van der Waals surface area contributed by atoms with E-state index in [2.05, 4.69) is 6.92 Å². The van der Waals surface area contributed by atoms with Crippen molar-refractivity contribution in [1.82, 2.24) is 4.90 Å². The first-order chi connectivity index (χ1) is 8.21. The summed E-state index contributed by atoms with van der Waals surface area (Å²) in [6.45, 7) is 4.44. The third-order valence-corrected chi connectivity index (χ3v) is 3.57. The van der Waals surface area contributed by atoms with Gasteiger partial charge in [0.05, 0.1) is 12.5 Å². The Bertz CT molecular complexity index is 227. The lowest BCUT2D eigenvalue weighted by molar-refractivity contribution is -0.135. The molecule has 1 saturated heterocycles. The molecule has 1 rings (SSSR count). The number of ether oxygens (including phenoxy) is 1. The molecule has 2 unspecified atom stereocenters. The van der Waals surface area contributed by atoms with Crippen LogP contribution in [0.15, 0.2) is 0 Å². The van der Waals surface area contributed by atoms with E-state index in [0.717, 1.165) is 19.5 Å². The predicted molar refractivity (Wildman–Crippen MR) is 68.7 cm³/mol. The highest BCUT2D eigenvalue weighted by Gasteiger charge is 2.24. The van der Waals surface area contributed by atoms with Crippen LogP contribution in [0.2, 0.25) is 0 Å². The van der Waals surface area contributed by atoms with E-state index < -0.39 is 0 Å². The van der Waals surface area contributed by atoms with Gasteiger partial charge in [-0.2, -0.15) is 0 Å². The molecule has 1 amide bonds. The van der Waals surface area contributed by atoms with E-state index in [0.29, 0.717) is 18.9 Å². The highest BCUT2D eigenvalue weighted by atomic mass is 16.5. The summed E-state index contributed by atoms with van der Waals surface area (Å²) in [5, 5.41) is 0. The number of piperidine rings is 1. The van der Waals surface area contributed by atoms with Gasteiger partial charge < -0.3 is 15.4 Å². The fourth-order valence-electron chi connectivity index (χ4n) is 2.52. The van der Waals surface area contributed by atoms with Gasteiger partial charge in [0, 0.05) is 26.7 Å². The van der Waals surface area contributed by atoms with Crippen molar-refractivity contribution in [3.8, 4) is 0 Å². The van der Waals surface area contributed by atoms with E-state index in [1.165, 1.54) is 19.3 Å². The molecule has 17 heavy (non-hydrogen) atoms. The Morgan fingerprint density at radius 1 is 1.59 bits per heavy atom. The number of hydrogen-bond acceptors (Lipinski definition) is 3. The number of methoxy groups -OCH3 is 1. The van der Waals surface area contributed by atoms with Crippen molar-refractivity contribution in [3.63, 3.8) is 0 Å². The molecule has 1 aliphatic heterocycles. The minimum atomic E-state index is -0.131. The summed E-state index contributed by atoms with van der Waals surface area (Å²) in [7, 11) is 1.61. The summed E-state index contributed by atoms with van der Waals surface area (Å²) in [5.41, 5.74) is 5.54. The molecule has 4 heteroatoms. The summed E-state index contributed by atoms with van der Waals surface area (Å²) in [5.74, 6) is 0.889. The van der Waals surface area contributed by atoms with E-state index in [9.17, 15) is 4.79 Å². The fourth-order valence-corrected chi connectivity index (χ4v) is 2.52. The number of carbonyl (C=O) groups excluding carboxylic acids is 1. The lowest BCUT2D eigenvalue weighted by Gasteiger charge is -2.33. The van der Waals surface area contributed by atoms with Crippen molar-refractivity contribution in [1.29, 1.82) is 0 Å². The topological polar surface area (TPSA) is 55.6 Å².